The van der Waals surface area contributed by atoms with Gasteiger partial charge >= 0.3 is 5.97 Å². The smallest absolute Gasteiger partial charge is 0.323 e. The zero-order chi connectivity index (χ0) is 14.1. The Labute approximate surface area is 107 Å². The lowest BCUT2D eigenvalue weighted by molar-refractivity contribution is -0.136. The first-order valence-corrected chi connectivity index (χ1v) is 6.95. The number of rotatable bonds is 4. The highest BCUT2D eigenvalue weighted by Crippen LogP contribution is 2.22. The van der Waals surface area contributed by atoms with Gasteiger partial charge < -0.3 is 5.11 Å². The largest absolute Gasteiger partial charge is 0.480 e. The second-order valence-electron chi connectivity index (χ2n) is 4.34. The predicted molar refractivity (Wildman–Crippen MR) is 70.3 cm³/mol. The minimum Gasteiger partial charge on any atom is -0.480 e. The average Bonchev–Trinajstić information content (AvgIpc) is 2.25. The summed E-state index contributed by atoms with van der Waals surface area (Å²) in [6, 6.07) is 5.34. The fraction of sp³-hybridized carbons (Fsp3) is 0.417. The van der Waals surface area contributed by atoms with Crippen LogP contribution in [0.25, 0.3) is 0 Å². The summed E-state index contributed by atoms with van der Waals surface area (Å²) in [5.41, 5.74) is 2.32. The number of aliphatic carboxylic acids is 1. The van der Waals surface area contributed by atoms with Crippen molar-refractivity contribution < 1.29 is 18.3 Å². The Kier molecular flexibility index (Phi) is 4.01. The van der Waals surface area contributed by atoms with E-state index in [1.165, 1.54) is 7.05 Å². The van der Waals surface area contributed by atoms with Crippen LogP contribution in [0.3, 0.4) is 0 Å². The van der Waals surface area contributed by atoms with Gasteiger partial charge in [0.1, 0.15) is 0 Å². The summed E-state index contributed by atoms with van der Waals surface area (Å²) in [6.45, 7) is 4.88. The van der Waals surface area contributed by atoms with Crippen molar-refractivity contribution in [1.29, 1.82) is 0 Å². The second kappa shape index (κ2) is 4.97. The van der Waals surface area contributed by atoms with Gasteiger partial charge in [0.2, 0.25) is 10.0 Å². The number of hydrogen-bond donors (Lipinski definition) is 1. The molecule has 1 atom stereocenters. The van der Waals surface area contributed by atoms with Crippen molar-refractivity contribution in [3.05, 3.63) is 29.3 Å². The number of hydrogen-bond acceptors (Lipinski definition) is 3. The molecule has 0 saturated heterocycles. The summed E-state index contributed by atoms with van der Waals surface area (Å²) >= 11 is 0. The summed E-state index contributed by atoms with van der Waals surface area (Å²) in [7, 11) is -2.53. The van der Waals surface area contributed by atoms with Gasteiger partial charge in [-0.1, -0.05) is 6.07 Å². The number of nitrogens with zero attached hydrogens (tertiary/aromatic N) is 1. The van der Waals surface area contributed by atoms with Gasteiger partial charge in [0.05, 0.1) is 5.69 Å². The van der Waals surface area contributed by atoms with Gasteiger partial charge in [0.25, 0.3) is 0 Å². The van der Waals surface area contributed by atoms with Crippen molar-refractivity contribution in [1.82, 2.24) is 0 Å². The molecule has 0 aromatic heterocycles. The number of sulfonamides is 1. The van der Waals surface area contributed by atoms with Crippen LogP contribution < -0.4 is 4.31 Å². The van der Waals surface area contributed by atoms with Gasteiger partial charge in [-0.2, -0.15) is 0 Å². The lowest BCUT2D eigenvalue weighted by Gasteiger charge is -2.22. The molecule has 1 aromatic carbocycles. The molecule has 0 aliphatic carbocycles. The van der Waals surface area contributed by atoms with E-state index in [9.17, 15) is 13.2 Å². The normalized spacial score (nSPS) is 13.1. The van der Waals surface area contributed by atoms with E-state index >= 15 is 0 Å². The summed E-state index contributed by atoms with van der Waals surface area (Å²) in [6.07, 6.45) is 0. The maximum Gasteiger partial charge on any atom is 0.323 e. The third-order valence-electron chi connectivity index (χ3n) is 2.75. The van der Waals surface area contributed by atoms with Crippen molar-refractivity contribution in [2.45, 2.75) is 26.0 Å². The first-order valence-electron chi connectivity index (χ1n) is 5.45. The van der Waals surface area contributed by atoms with Gasteiger partial charge in [-0.05, 0) is 44.0 Å². The Hall–Kier alpha value is -1.56. The molecule has 18 heavy (non-hydrogen) atoms. The van der Waals surface area contributed by atoms with E-state index in [2.05, 4.69) is 0 Å². The van der Waals surface area contributed by atoms with Crippen LogP contribution in [0.1, 0.15) is 18.1 Å². The van der Waals surface area contributed by atoms with Crippen LogP contribution in [0.2, 0.25) is 0 Å². The summed E-state index contributed by atoms with van der Waals surface area (Å²) in [5, 5.41) is 7.35. The molecule has 5 nitrogen and oxygen atoms in total. The number of carboxylic acids is 1. The molecule has 1 unspecified atom stereocenters. The van der Waals surface area contributed by atoms with E-state index in [0.717, 1.165) is 22.4 Å². The highest BCUT2D eigenvalue weighted by molar-refractivity contribution is 7.94. The van der Waals surface area contributed by atoms with Crippen molar-refractivity contribution in [3.8, 4) is 0 Å². The van der Waals surface area contributed by atoms with Gasteiger partial charge in [0, 0.05) is 7.05 Å². The molecule has 0 radical (unpaired) electrons. The number of anilines is 1. The number of carboxylic acid groups (broad SMARTS) is 1. The predicted octanol–water partition coefficient (Wildman–Crippen LogP) is 1.54. The second-order valence-corrected chi connectivity index (χ2v) is 6.62. The van der Waals surface area contributed by atoms with Crippen molar-refractivity contribution in [3.63, 3.8) is 0 Å². The molecule has 100 valence electrons. The quantitative estimate of drug-likeness (QED) is 0.901. The molecule has 0 heterocycles. The van der Waals surface area contributed by atoms with E-state index in [4.69, 9.17) is 5.11 Å². The molecule has 0 fully saturated rings. The number of benzene rings is 1. The maximum absolute atomic E-state index is 12.0. The summed E-state index contributed by atoms with van der Waals surface area (Å²) in [4.78, 5) is 10.8. The van der Waals surface area contributed by atoms with Crippen LogP contribution in [-0.4, -0.2) is 31.8 Å². The molecule has 6 heteroatoms. The van der Waals surface area contributed by atoms with Gasteiger partial charge in [-0.3, -0.25) is 9.10 Å². The van der Waals surface area contributed by atoms with E-state index in [1.54, 1.807) is 12.1 Å². The highest BCUT2D eigenvalue weighted by Gasteiger charge is 2.32. The van der Waals surface area contributed by atoms with E-state index in [0.29, 0.717) is 5.69 Å². The van der Waals surface area contributed by atoms with Crippen LogP contribution in [0.5, 0.6) is 0 Å². The molecule has 1 aromatic rings. The van der Waals surface area contributed by atoms with Crippen LogP contribution in [0.15, 0.2) is 18.2 Å². The van der Waals surface area contributed by atoms with E-state index in [-0.39, 0.29) is 0 Å². The van der Waals surface area contributed by atoms with Crippen LogP contribution in [-0.2, 0) is 14.8 Å². The Morgan fingerprint density at radius 1 is 1.22 bits per heavy atom. The minimum atomic E-state index is -3.89. The fourth-order valence-electron chi connectivity index (χ4n) is 1.64. The van der Waals surface area contributed by atoms with Gasteiger partial charge in [-0.25, -0.2) is 8.42 Å². The monoisotopic (exact) mass is 271 g/mol. The molecule has 0 spiro atoms. The summed E-state index contributed by atoms with van der Waals surface area (Å²) < 4.78 is 25.1. The molecule has 0 saturated carbocycles. The van der Waals surface area contributed by atoms with Gasteiger partial charge in [-0.15, -0.1) is 0 Å². The van der Waals surface area contributed by atoms with Crippen molar-refractivity contribution >= 4 is 21.7 Å². The molecule has 1 N–H and O–H groups in total. The molecular formula is C12H17NO4S. The standard InChI is InChI=1S/C12H17NO4S/c1-8-5-9(2)7-11(6-8)13(4)18(16,17)10(3)12(14)15/h5-7,10H,1-4H3,(H,14,15). The Morgan fingerprint density at radius 3 is 2.06 bits per heavy atom. The van der Waals surface area contributed by atoms with Crippen molar-refractivity contribution in [2.75, 3.05) is 11.4 Å². The minimum absolute atomic E-state index is 0.473. The molecular weight excluding hydrogens is 254 g/mol. The first kappa shape index (κ1) is 14.5. The highest BCUT2D eigenvalue weighted by atomic mass is 32.2. The SMILES string of the molecule is Cc1cc(C)cc(N(C)S(=O)(=O)C(C)C(=O)O)c1. The Bertz CT molecular complexity index is 545. The van der Waals surface area contributed by atoms with Crippen molar-refractivity contribution in [2.24, 2.45) is 0 Å². The first-order chi connectivity index (χ1) is 8.16. The maximum atomic E-state index is 12.0. The molecule has 1 rings (SSSR count). The third-order valence-corrected chi connectivity index (χ3v) is 4.82. The average molecular weight is 271 g/mol. The lowest BCUT2D eigenvalue weighted by Crippen LogP contribution is -2.39. The van der Waals surface area contributed by atoms with Gasteiger partial charge in [0.15, 0.2) is 5.25 Å². The zero-order valence-corrected chi connectivity index (χ0v) is 11.7. The Morgan fingerprint density at radius 2 is 1.67 bits per heavy atom. The summed E-state index contributed by atoms with van der Waals surface area (Å²) in [5.74, 6) is -1.36. The third kappa shape index (κ3) is 2.81. The van der Waals surface area contributed by atoms with E-state index < -0.39 is 21.2 Å². The van der Waals surface area contributed by atoms with E-state index in [1.807, 2.05) is 19.9 Å². The number of carbonyl (C=O) groups is 1. The van der Waals surface area contributed by atoms with Crippen LogP contribution in [0.4, 0.5) is 5.69 Å². The molecule has 0 bridgehead atoms. The van der Waals surface area contributed by atoms with Crippen LogP contribution in [0, 0.1) is 13.8 Å². The topological polar surface area (TPSA) is 74.7 Å². The molecule has 0 aliphatic rings. The fourth-order valence-corrected chi connectivity index (χ4v) is 2.77. The number of aryl methyl sites for hydroxylation is 2. The molecule has 0 aliphatic heterocycles. The lowest BCUT2D eigenvalue weighted by atomic mass is 10.1. The van der Waals surface area contributed by atoms with Crippen LogP contribution >= 0.6 is 0 Å². The Balaban J connectivity index is 3.21. The molecule has 0 amide bonds. The zero-order valence-electron chi connectivity index (χ0n) is 10.8.